The van der Waals surface area contributed by atoms with E-state index in [2.05, 4.69) is 15.3 Å². The van der Waals surface area contributed by atoms with Gasteiger partial charge in [0.15, 0.2) is 23.2 Å². The summed E-state index contributed by atoms with van der Waals surface area (Å²) in [6.07, 6.45) is -4.53. The molecule has 8 atom stereocenters. The van der Waals surface area contributed by atoms with Gasteiger partial charge >= 0.3 is 0 Å². The van der Waals surface area contributed by atoms with Crippen molar-refractivity contribution in [3.8, 4) is 11.5 Å². The third kappa shape index (κ3) is 5.22. The van der Waals surface area contributed by atoms with Crippen LogP contribution >= 0.6 is 0 Å². The van der Waals surface area contributed by atoms with Crippen LogP contribution in [0.15, 0.2) is 41.7 Å². The number of aliphatic hydroxyl groups is 4. The van der Waals surface area contributed by atoms with Crippen molar-refractivity contribution < 1.29 is 68.8 Å². The number of benzene rings is 2. The number of aliphatic hydroxyl groups excluding tert-OH is 3. The molecule has 1 amide bonds. The molecule has 0 radical (unpaired) electrons. The minimum Gasteiger partial charge on any atom is -0.507 e. The molecular weight excluding hydrogens is 722 g/mol. The van der Waals surface area contributed by atoms with Crippen molar-refractivity contribution in [3.05, 3.63) is 81.2 Å². The smallest absolute Gasteiger partial charge is 0.259 e. The minimum atomic E-state index is -3.27. The number of rotatable bonds is 6. The molecule has 7 N–H and O–H groups in total. The summed E-state index contributed by atoms with van der Waals surface area (Å²) in [6.45, 7) is 2.42. The van der Waals surface area contributed by atoms with E-state index in [1.807, 2.05) is 0 Å². The summed E-state index contributed by atoms with van der Waals surface area (Å²) in [5, 5.41) is 71.0. The Hall–Kier alpha value is -5.27. The maximum absolute atomic E-state index is 14.8. The number of phenols is 2. The van der Waals surface area contributed by atoms with E-state index in [0.717, 1.165) is 13.2 Å². The molecule has 1 unspecified atom stereocenters. The molecular formula is C38H37N3O14. The first-order chi connectivity index (χ1) is 26.1. The number of nitrogens with one attached hydrogen (secondary N) is 1. The number of hydrogen-bond donors (Lipinski definition) is 7. The van der Waals surface area contributed by atoms with E-state index in [0.29, 0.717) is 0 Å². The van der Waals surface area contributed by atoms with Crippen LogP contribution in [0, 0.1) is 12.8 Å². The number of hydrogen-bond acceptors (Lipinski definition) is 16. The zero-order valence-electron chi connectivity index (χ0n) is 29.9. The number of nitrogens with zero attached hydrogens (tertiary/aromatic N) is 2. The molecule has 3 aliphatic carbocycles. The molecule has 4 aliphatic rings. The Morgan fingerprint density at radius 2 is 1.80 bits per heavy atom. The van der Waals surface area contributed by atoms with Crippen LogP contribution in [0.3, 0.4) is 0 Å². The fourth-order valence-electron chi connectivity index (χ4n) is 8.50. The maximum Gasteiger partial charge on any atom is 0.259 e. The summed E-state index contributed by atoms with van der Waals surface area (Å²) in [4.78, 5) is 78.8. The number of pyridine rings is 1. The molecule has 17 heteroatoms. The lowest BCUT2D eigenvalue weighted by molar-refractivity contribution is -0.206. The Morgan fingerprint density at radius 3 is 2.44 bits per heavy atom. The fraction of sp³-hybridized carbons (Fsp3) is 0.395. The van der Waals surface area contributed by atoms with Gasteiger partial charge in [0.05, 0.1) is 71.5 Å². The summed E-state index contributed by atoms with van der Waals surface area (Å²) in [7, 11) is 2.26. The van der Waals surface area contributed by atoms with Crippen LogP contribution < -0.4 is 5.32 Å². The van der Waals surface area contributed by atoms with Gasteiger partial charge in [-0.3, -0.25) is 33.9 Å². The molecule has 3 aromatic rings. The van der Waals surface area contributed by atoms with Crippen LogP contribution in [0.1, 0.15) is 81.8 Å². The van der Waals surface area contributed by atoms with Crippen LogP contribution in [-0.4, -0.2) is 127 Å². The molecule has 288 valence electrons. The number of amides is 1. The van der Waals surface area contributed by atoms with Gasteiger partial charge in [0, 0.05) is 43.5 Å². The van der Waals surface area contributed by atoms with Gasteiger partial charge in [0.1, 0.15) is 17.6 Å². The average Bonchev–Trinajstić information content (AvgIpc) is 3.13. The number of fused-ring (bicyclic) bond motifs is 5. The van der Waals surface area contributed by atoms with Gasteiger partial charge in [-0.05, 0) is 43.2 Å². The summed E-state index contributed by atoms with van der Waals surface area (Å²) < 4.78 is 16.6. The number of methoxy groups -OCH3 is 2. The Kier molecular flexibility index (Phi) is 9.32. The number of anilines is 1. The second kappa shape index (κ2) is 13.5. The predicted molar refractivity (Wildman–Crippen MR) is 188 cm³/mol. The molecule has 2 heterocycles. The normalized spacial score (nSPS) is 30.7. The van der Waals surface area contributed by atoms with Gasteiger partial charge in [0.25, 0.3) is 5.91 Å². The molecule has 7 rings (SSSR count). The van der Waals surface area contributed by atoms with Crippen LogP contribution in [0.4, 0.5) is 5.69 Å². The standard InChI is InChI=1S/C38H37N3O14/c1-14-8-16-9-23(44)38(54-4)34(50)26-19(33(49)37(38,52)27(16)31(48)24(14)35(51)40-17-6-5-7-39-12-17)10-18-25(30(26)47)22(43)11-21(28(18)45)41-36-20(13-42)29(46)32(53-3)15(2)55-36/h5-8,10,12,15,20,23,29,32,36,42,44,46-48,52H,9,11,13H2,1-4H3,(H,40,51)/t15-,20+,23+,29-,32-,36?,37-,38+/m0/s1. The molecule has 0 spiro atoms. The number of aromatic nitrogens is 1. The molecule has 1 fully saturated rings. The number of Topliss-reactive ketones (excluding diaryl/α,β-unsaturated/α-hetero) is 4. The molecule has 0 saturated carbocycles. The molecule has 1 saturated heterocycles. The van der Waals surface area contributed by atoms with Crippen LogP contribution in [-0.2, 0) is 26.2 Å². The van der Waals surface area contributed by atoms with E-state index < -0.39 is 141 Å². The van der Waals surface area contributed by atoms with Crippen molar-refractivity contribution in [2.75, 3.05) is 26.1 Å². The first-order valence-corrected chi connectivity index (χ1v) is 17.2. The summed E-state index contributed by atoms with van der Waals surface area (Å²) in [5.41, 5.74) is -9.98. The Morgan fingerprint density at radius 1 is 1.07 bits per heavy atom. The van der Waals surface area contributed by atoms with Crippen molar-refractivity contribution >= 4 is 40.4 Å². The van der Waals surface area contributed by atoms with E-state index in [1.54, 1.807) is 13.0 Å². The molecule has 1 aliphatic heterocycles. The Labute approximate surface area is 312 Å². The number of aliphatic imine (C=N–C) groups is 1. The lowest BCUT2D eigenvalue weighted by Gasteiger charge is -2.53. The SMILES string of the molecule is CO[C@@H]1[C@@H](O)[C@@H](CO)C(N=C2CC(=O)c3c(cc4c(c3O)C(=O)[C@]3(OC)[C@H](O)Cc5cc(C)c(C(=O)Nc6cccnc6)c(O)c5[C@]3(O)C4=O)C2=O)O[C@H]1C. The second-order valence-electron chi connectivity index (χ2n) is 14.0. The van der Waals surface area contributed by atoms with Gasteiger partial charge in [-0.1, -0.05) is 6.07 Å². The van der Waals surface area contributed by atoms with E-state index >= 15 is 0 Å². The van der Waals surface area contributed by atoms with Crippen LogP contribution in [0.25, 0.3) is 0 Å². The highest BCUT2D eigenvalue weighted by atomic mass is 16.6. The van der Waals surface area contributed by atoms with Gasteiger partial charge < -0.3 is 50.2 Å². The van der Waals surface area contributed by atoms with Gasteiger partial charge in [-0.2, -0.15) is 0 Å². The van der Waals surface area contributed by atoms with Crippen molar-refractivity contribution in [1.82, 2.24) is 4.98 Å². The molecule has 0 bridgehead atoms. The van der Waals surface area contributed by atoms with Crippen LogP contribution in [0.2, 0.25) is 0 Å². The third-order valence-electron chi connectivity index (χ3n) is 11.1. The van der Waals surface area contributed by atoms with E-state index in [-0.39, 0.29) is 22.4 Å². The number of ether oxygens (including phenoxy) is 3. The minimum absolute atomic E-state index is 0.0129. The lowest BCUT2D eigenvalue weighted by atomic mass is 9.56. The van der Waals surface area contributed by atoms with E-state index in [9.17, 15) is 54.6 Å². The number of aryl methyl sites for hydroxylation is 1. The zero-order chi connectivity index (χ0) is 39.9. The topological polar surface area (TPSA) is 272 Å². The van der Waals surface area contributed by atoms with Gasteiger partial charge in [0.2, 0.25) is 17.3 Å². The first-order valence-electron chi connectivity index (χ1n) is 17.2. The summed E-state index contributed by atoms with van der Waals surface area (Å²) in [5.74, 6) is -8.56. The van der Waals surface area contributed by atoms with Crippen molar-refractivity contribution in [2.24, 2.45) is 10.9 Å². The van der Waals surface area contributed by atoms with E-state index in [4.69, 9.17) is 14.2 Å². The van der Waals surface area contributed by atoms with Crippen molar-refractivity contribution in [3.63, 3.8) is 0 Å². The highest BCUT2D eigenvalue weighted by Gasteiger charge is 2.72. The quantitative estimate of drug-likeness (QED) is 0.181. The predicted octanol–water partition coefficient (Wildman–Crippen LogP) is 0.562. The summed E-state index contributed by atoms with van der Waals surface area (Å²) in [6, 6.07) is 5.27. The molecule has 2 aromatic carbocycles. The number of carbonyl (C=O) groups excluding carboxylic acids is 5. The second-order valence-corrected chi connectivity index (χ2v) is 14.0. The Bertz CT molecular complexity index is 2220. The Balaban J connectivity index is 1.38. The number of phenolic OH excluding ortho intramolecular Hbond substituents is 2. The average molecular weight is 760 g/mol. The highest BCUT2D eigenvalue weighted by molar-refractivity contribution is 6.53. The molecule has 55 heavy (non-hydrogen) atoms. The lowest BCUT2D eigenvalue weighted by Crippen LogP contribution is -2.73. The monoisotopic (exact) mass is 759 g/mol. The van der Waals surface area contributed by atoms with Gasteiger partial charge in [-0.25, -0.2) is 0 Å². The summed E-state index contributed by atoms with van der Waals surface area (Å²) >= 11 is 0. The fourth-order valence-corrected chi connectivity index (χ4v) is 8.50. The number of carbonyl (C=O) groups is 5. The highest BCUT2D eigenvalue weighted by Crippen LogP contribution is 2.56. The number of aromatic hydroxyl groups is 2. The molecule has 17 nitrogen and oxygen atoms in total. The van der Waals surface area contributed by atoms with Gasteiger partial charge in [-0.15, -0.1) is 0 Å². The van der Waals surface area contributed by atoms with Crippen molar-refractivity contribution in [1.29, 1.82) is 0 Å². The van der Waals surface area contributed by atoms with Crippen LogP contribution in [0.5, 0.6) is 11.5 Å². The third-order valence-corrected chi connectivity index (χ3v) is 11.1. The maximum atomic E-state index is 14.8. The molecule has 1 aromatic heterocycles. The largest absolute Gasteiger partial charge is 0.507 e. The zero-order valence-corrected chi connectivity index (χ0v) is 29.9. The first kappa shape index (κ1) is 38.0. The number of ketones is 4. The van der Waals surface area contributed by atoms with Crippen molar-refractivity contribution in [2.45, 2.75) is 68.5 Å². The van der Waals surface area contributed by atoms with E-state index in [1.165, 1.54) is 38.6 Å².